The van der Waals surface area contributed by atoms with Crippen LogP contribution in [0.1, 0.15) is 50.4 Å². The monoisotopic (exact) mass is 349 g/mol. The summed E-state index contributed by atoms with van der Waals surface area (Å²) in [4.78, 5) is 23.0. The molecule has 1 amide bonds. The Morgan fingerprint density at radius 2 is 1.62 bits per heavy atom. The van der Waals surface area contributed by atoms with Crippen molar-refractivity contribution in [3.63, 3.8) is 0 Å². The van der Waals surface area contributed by atoms with Crippen molar-refractivity contribution in [3.8, 4) is 0 Å². The first-order valence-electron chi connectivity index (χ1n) is 7.39. The van der Waals surface area contributed by atoms with Crippen LogP contribution >= 0.6 is 0 Å². The van der Waals surface area contributed by atoms with Crippen LogP contribution in [-0.4, -0.2) is 22.5 Å². The van der Waals surface area contributed by atoms with Crippen LogP contribution in [0.5, 0.6) is 0 Å². The van der Waals surface area contributed by atoms with Crippen molar-refractivity contribution in [1.29, 1.82) is 0 Å². The average molecular weight is 349 g/mol. The number of aliphatic carboxylic acids is 1. The Kier molecular flexibility index (Phi) is 6.34. The van der Waals surface area contributed by atoms with E-state index in [1.807, 2.05) is 0 Å². The minimum atomic E-state index is -4.55. The van der Waals surface area contributed by atoms with Crippen molar-refractivity contribution < 1.29 is 32.3 Å². The third-order valence-electron chi connectivity index (χ3n) is 3.99. The zero-order chi connectivity index (χ0) is 18.5. The molecule has 1 rings (SSSR count). The lowest BCUT2D eigenvalue weighted by molar-refractivity contribution is -0.140. The van der Waals surface area contributed by atoms with Gasteiger partial charge in [0.2, 0.25) is 6.17 Å². The molecule has 1 aromatic carbocycles. The van der Waals surface area contributed by atoms with E-state index in [1.165, 1.54) is 0 Å². The number of alkyl halides is 4. The third kappa shape index (κ3) is 4.94. The van der Waals surface area contributed by atoms with Gasteiger partial charge in [0, 0.05) is 0 Å². The van der Waals surface area contributed by atoms with Crippen LogP contribution in [0.25, 0.3) is 0 Å². The van der Waals surface area contributed by atoms with E-state index in [1.54, 1.807) is 13.8 Å². The SMILES string of the molecule is CCC(CC)(CC(=O)O)NC(=O)C(F)c1ccc(C(F)(F)F)cc1. The highest BCUT2D eigenvalue weighted by molar-refractivity contribution is 5.83. The number of benzene rings is 1. The molecule has 0 aliphatic carbocycles. The minimum Gasteiger partial charge on any atom is -0.481 e. The van der Waals surface area contributed by atoms with Crippen molar-refractivity contribution in [2.75, 3.05) is 0 Å². The van der Waals surface area contributed by atoms with Gasteiger partial charge >= 0.3 is 12.1 Å². The quantitative estimate of drug-likeness (QED) is 0.735. The van der Waals surface area contributed by atoms with Gasteiger partial charge in [-0.25, -0.2) is 4.39 Å². The summed E-state index contributed by atoms with van der Waals surface area (Å²) in [6, 6.07) is 3.17. The van der Waals surface area contributed by atoms with Gasteiger partial charge in [0.1, 0.15) is 0 Å². The molecule has 0 aromatic heterocycles. The highest BCUT2D eigenvalue weighted by Gasteiger charge is 2.34. The Morgan fingerprint density at radius 1 is 1.12 bits per heavy atom. The lowest BCUT2D eigenvalue weighted by atomic mass is 9.88. The van der Waals surface area contributed by atoms with Gasteiger partial charge in [-0.2, -0.15) is 13.2 Å². The first-order valence-corrected chi connectivity index (χ1v) is 7.39. The first kappa shape index (κ1) is 19.9. The van der Waals surface area contributed by atoms with Gasteiger partial charge in [-0.05, 0) is 30.5 Å². The fourth-order valence-corrected chi connectivity index (χ4v) is 2.33. The molecule has 24 heavy (non-hydrogen) atoms. The smallest absolute Gasteiger partial charge is 0.416 e. The Labute approximate surface area is 136 Å². The number of rotatable bonds is 7. The molecular formula is C16H19F4NO3. The van der Waals surface area contributed by atoms with Crippen LogP contribution in [0.3, 0.4) is 0 Å². The van der Waals surface area contributed by atoms with Gasteiger partial charge < -0.3 is 10.4 Å². The molecule has 8 heteroatoms. The zero-order valence-corrected chi connectivity index (χ0v) is 13.3. The standard InChI is InChI=1S/C16H19F4NO3/c1-3-15(4-2,9-12(22)23)21-14(24)13(17)10-5-7-11(8-6-10)16(18,19)20/h5-8,13H,3-4,9H2,1-2H3,(H,21,24)(H,22,23). The topological polar surface area (TPSA) is 66.4 Å². The highest BCUT2D eigenvalue weighted by atomic mass is 19.4. The summed E-state index contributed by atoms with van der Waals surface area (Å²) in [5.41, 5.74) is -2.27. The third-order valence-corrected chi connectivity index (χ3v) is 3.99. The predicted molar refractivity (Wildman–Crippen MR) is 79.0 cm³/mol. The molecule has 0 saturated carbocycles. The second-order valence-corrected chi connectivity index (χ2v) is 5.53. The molecule has 0 saturated heterocycles. The lowest BCUT2D eigenvalue weighted by Gasteiger charge is -2.32. The molecule has 1 atom stereocenters. The molecule has 0 aliphatic heterocycles. The molecule has 1 aromatic rings. The summed E-state index contributed by atoms with van der Waals surface area (Å²) >= 11 is 0. The Morgan fingerprint density at radius 3 is 2.00 bits per heavy atom. The maximum atomic E-state index is 14.3. The van der Waals surface area contributed by atoms with Crippen LogP contribution in [0.4, 0.5) is 17.6 Å². The number of amides is 1. The van der Waals surface area contributed by atoms with E-state index in [-0.39, 0.29) is 24.8 Å². The lowest BCUT2D eigenvalue weighted by Crippen LogP contribution is -2.50. The second kappa shape index (κ2) is 7.63. The number of carbonyl (C=O) groups is 2. The van der Waals surface area contributed by atoms with Crippen LogP contribution in [0.2, 0.25) is 0 Å². The average Bonchev–Trinajstić information content (AvgIpc) is 2.52. The number of hydrogen-bond donors (Lipinski definition) is 2. The number of halogens is 4. The summed E-state index contributed by atoms with van der Waals surface area (Å²) in [5.74, 6) is -2.20. The number of nitrogens with one attached hydrogen (secondary N) is 1. The van der Waals surface area contributed by atoms with Crippen LogP contribution < -0.4 is 5.32 Å². The van der Waals surface area contributed by atoms with E-state index in [0.29, 0.717) is 12.1 Å². The normalized spacial score (nSPS) is 13.4. The number of carbonyl (C=O) groups excluding carboxylic acids is 1. The minimum absolute atomic E-state index is 0.225. The maximum Gasteiger partial charge on any atom is 0.416 e. The van der Waals surface area contributed by atoms with Crippen molar-refractivity contribution in [2.24, 2.45) is 0 Å². The largest absolute Gasteiger partial charge is 0.481 e. The molecule has 0 aliphatic rings. The summed E-state index contributed by atoms with van der Waals surface area (Å²) in [6.07, 6.45) is -6.54. The van der Waals surface area contributed by atoms with Crippen molar-refractivity contribution >= 4 is 11.9 Å². The molecule has 0 fully saturated rings. The molecular weight excluding hydrogens is 330 g/mol. The first-order chi connectivity index (χ1) is 11.0. The predicted octanol–water partition coefficient (Wildman–Crippen LogP) is 3.87. The maximum absolute atomic E-state index is 14.3. The fraction of sp³-hybridized carbons (Fsp3) is 0.500. The van der Waals surface area contributed by atoms with E-state index in [2.05, 4.69) is 5.32 Å². The number of carboxylic acid groups (broad SMARTS) is 1. The Hall–Kier alpha value is -2.12. The molecule has 4 nitrogen and oxygen atoms in total. The molecule has 0 heterocycles. The number of carboxylic acids is 1. The van der Waals surface area contributed by atoms with E-state index >= 15 is 0 Å². The van der Waals surface area contributed by atoms with Gasteiger partial charge in [-0.15, -0.1) is 0 Å². The van der Waals surface area contributed by atoms with Crippen LogP contribution in [-0.2, 0) is 15.8 Å². The Bertz CT molecular complexity index is 580. The summed E-state index contributed by atoms with van der Waals surface area (Å²) in [7, 11) is 0. The van der Waals surface area contributed by atoms with Gasteiger partial charge in [-0.1, -0.05) is 26.0 Å². The van der Waals surface area contributed by atoms with Gasteiger partial charge in [0.05, 0.1) is 17.5 Å². The van der Waals surface area contributed by atoms with Gasteiger partial charge in [0.15, 0.2) is 0 Å². The molecule has 0 spiro atoms. The number of hydrogen-bond acceptors (Lipinski definition) is 2. The molecule has 1 unspecified atom stereocenters. The van der Waals surface area contributed by atoms with Crippen LogP contribution in [0, 0.1) is 0 Å². The van der Waals surface area contributed by atoms with E-state index in [4.69, 9.17) is 5.11 Å². The fourth-order valence-electron chi connectivity index (χ4n) is 2.33. The van der Waals surface area contributed by atoms with Gasteiger partial charge in [0.25, 0.3) is 5.91 Å². The highest BCUT2D eigenvalue weighted by Crippen LogP contribution is 2.31. The molecule has 2 N–H and O–H groups in total. The molecule has 134 valence electrons. The van der Waals surface area contributed by atoms with Gasteiger partial charge in [-0.3, -0.25) is 9.59 Å². The zero-order valence-electron chi connectivity index (χ0n) is 13.3. The van der Waals surface area contributed by atoms with Crippen molar-refractivity contribution in [2.45, 2.75) is 51.0 Å². The molecule has 0 bridgehead atoms. The van der Waals surface area contributed by atoms with Crippen molar-refractivity contribution in [3.05, 3.63) is 35.4 Å². The van der Waals surface area contributed by atoms with E-state index < -0.39 is 35.3 Å². The second-order valence-electron chi connectivity index (χ2n) is 5.53. The van der Waals surface area contributed by atoms with E-state index in [0.717, 1.165) is 12.1 Å². The summed E-state index contributed by atoms with van der Waals surface area (Å²) in [5, 5.41) is 11.3. The summed E-state index contributed by atoms with van der Waals surface area (Å²) < 4.78 is 51.7. The summed E-state index contributed by atoms with van der Waals surface area (Å²) in [6.45, 7) is 3.33. The van der Waals surface area contributed by atoms with Crippen LogP contribution in [0.15, 0.2) is 24.3 Å². The Balaban J connectivity index is 2.92. The van der Waals surface area contributed by atoms with E-state index in [9.17, 15) is 27.2 Å². The van der Waals surface area contributed by atoms with Crippen molar-refractivity contribution in [1.82, 2.24) is 5.32 Å². The molecule has 0 radical (unpaired) electrons.